The van der Waals surface area contributed by atoms with Crippen LogP contribution in [0.4, 0.5) is 5.95 Å². The van der Waals surface area contributed by atoms with E-state index in [1.807, 2.05) is 18.7 Å². The third kappa shape index (κ3) is 4.31. The number of anilines is 1. The number of carbonyl (C=O) groups excluding carboxylic acids is 1. The van der Waals surface area contributed by atoms with Crippen molar-refractivity contribution >= 4 is 11.9 Å². The summed E-state index contributed by atoms with van der Waals surface area (Å²) in [5.74, 6) is 0.893. The van der Waals surface area contributed by atoms with Gasteiger partial charge in [0.25, 0.3) is 0 Å². The number of aromatic nitrogens is 3. The van der Waals surface area contributed by atoms with Gasteiger partial charge in [-0.3, -0.25) is 10.1 Å². The minimum atomic E-state index is -0.537. The maximum absolute atomic E-state index is 12.9. The van der Waals surface area contributed by atoms with E-state index in [1.165, 1.54) is 19.3 Å². The van der Waals surface area contributed by atoms with E-state index in [9.17, 15) is 4.79 Å². The first-order chi connectivity index (χ1) is 12.3. The van der Waals surface area contributed by atoms with Crippen molar-refractivity contribution in [3.05, 3.63) is 12.7 Å². The number of piperazine rings is 1. The van der Waals surface area contributed by atoms with Gasteiger partial charge < -0.3 is 9.80 Å². The summed E-state index contributed by atoms with van der Waals surface area (Å²) in [6, 6.07) is 0.449. The Morgan fingerprint density at radius 3 is 2.46 bits per heavy atom. The van der Waals surface area contributed by atoms with Crippen molar-refractivity contribution in [2.75, 3.05) is 24.5 Å². The molecule has 2 aliphatic rings. The average molecular weight is 361 g/mol. The molecular formula is C19H32N6O. The lowest BCUT2D eigenvalue weighted by molar-refractivity contribution is -0.143. The molecule has 26 heavy (non-hydrogen) atoms. The molecule has 1 saturated carbocycles. The van der Waals surface area contributed by atoms with Crippen molar-refractivity contribution in [2.24, 2.45) is 0 Å². The predicted octanol–water partition coefficient (Wildman–Crippen LogP) is 2.00. The molecule has 1 aromatic heterocycles. The van der Waals surface area contributed by atoms with Crippen molar-refractivity contribution in [3.63, 3.8) is 0 Å². The van der Waals surface area contributed by atoms with Gasteiger partial charge in [-0.25, -0.2) is 15.0 Å². The molecular weight excluding hydrogens is 328 g/mol. The van der Waals surface area contributed by atoms with E-state index in [0.29, 0.717) is 19.1 Å². The number of hydrogen-bond donors (Lipinski definition) is 1. The molecule has 0 unspecified atom stereocenters. The first-order valence-corrected chi connectivity index (χ1v) is 9.76. The lowest BCUT2D eigenvalue weighted by Gasteiger charge is -2.48. The number of rotatable bonds is 5. The van der Waals surface area contributed by atoms with E-state index in [0.717, 1.165) is 25.3 Å². The standard InChI is InChI=1S/C19H32N6O/c1-18(2)12-24(16(26)19(3,4)23-18)10-11-25(15-8-6-5-7-9-15)17-21-13-20-14-22-17/h13-15,23H,5-12H2,1-4H3. The molecule has 2 heterocycles. The molecule has 1 aliphatic heterocycles. The number of hydrogen-bond acceptors (Lipinski definition) is 6. The molecule has 2 fully saturated rings. The molecule has 1 amide bonds. The molecule has 1 aliphatic carbocycles. The quantitative estimate of drug-likeness (QED) is 0.866. The summed E-state index contributed by atoms with van der Waals surface area (Å²) in [6.07, 6.45) is 9.25. The van der Waals surface area contributed by atoms with E-state index in [-0.39, 0.29) is 11.4 Å². The first kappa shape index (κ1) is 19.0. The molecule has 1 N–H and O–H groups in total. The molecule has 144 valence electrons. The Balaban J connectivity index is 1.73. The minimum absolute atomic E-state index is 0.0970. The van der Waals surface area contributed by atoms with Crippen LogP contribution in [0, 0.1) is 0 Å². The maximum atomic E-state index is 12.9. The van der Waals surface area contributed by atoms with Gasteiger partial charge in [-0.15, -0.1) is 0 Å². The van der Waals surface area contributed by atoms with Gasteiger partial charge in [0.2, 0.25) is 11.9 Å². The highest BCUT2D eigenvalue weighted by Gasteiger charge is 2.43. The van der Waals surface area contributed by atoms with E-state index in [1.54, 1.807) is 12.7 Å². The number of carbonyl (C=O) groups is 1. The largest absolute Gasteiger partial charge is 0.338 e. The second kappa shape index (κ2) is 7.47. The van der Waals surface area contributed by atoms with Gasteiger partial charge in [-0.2, -0.15) is 0 Å². The second-order valence-electron chi connectivity index (χ2n) is 8.78. The Morgan fingerprint density at radius 2 is 1.81 bits per heavy atom. The van der Waals surface area contributed by atoms with Crippen LogP contribution in [-0.2, 0) is 4.79 Å². The highest BCUT2D eigenvalue weighted by molar-refractivity contribution is 5.86. The Morgan fingerprint density at radius 1 is 1.15 bits per heavy atom. The van der Waals surface area contributed by atoms with Gasteiger partial charge in [0.1, 0.15) is 12.7 Å². The van der Waals surface area contributed by atoms with Gasteiger partial charge in [-0.1, -0.05) is 19.3 Å². The maximum Gasteiger partial charge on any atom is 0.242 e. The highest BCUT2D eigenvalue weighted by Crippen LogP contribution is 2.26. The SMILES string of the molecule is CC1(C)CN(CCN(c2ncncn2)C2CCCCC2)C(=O)C(C)(C)N1. The molecule has 0 atom stereocenters. The summed E-state index contributed by atoms with van der Waals surface area (Å²) in [4.78, 5) is 29.9. The summed E-state index contributed by atoms with van der Waals surface area (Å²) in [7, 11) is 0. The first-order valence-electron chi connectivity index (χ1n) is 9.76. The van der Waals surface area contributed by atoms with Crippen LogP contribution in [0.3, 0.4) is 0 Å². The van der Waals surface area contributed by atoms with E-state index < -0.39 is 5.54 Å². The Bertz CT molecular complexity index is 612. The lowest BCUT2D eigenvalue weighted by Crippen LogP contribution is -2.70. The summed E-state index contributed by atoms with van der Waals surface area (Å²) < 4.78 is 0. The predicted molar refractivity (Wildman–Crippen MR) is 102 cm³/mol. The molecule has 0 aromatic carbocycles. The molecule has 7 heteroatoms. The van der Waals surface area contributed by atoms with Gasteiger partial charge in [0.15, 0.2) is 0 Å². The van der Waals surface area contributed by atoms with Crippen LogP contribution < -0.4 is 10.2 Å². The van der Waals surface area contributed by atoms with Crippen molar-refractivity contribution < 1.29 is 4.79 Å². The van der Waals surface area contributed by atoms with E-state index >= 15 is 0 Å². The molecule has 3 rings (SSSR count). The zero-order valence-electron chi connectivity index (χ0n) is 16.5. The summed E-state index contributed by atoms with van der Waals surface area (Å²) >= 11 is 0. The minimum Gasteiger partial charge on any atom is -0.338 e. The normalized spacial score (nSPS) is 23.1. The smallest absolute Gasteiger partial charge is 0.242 e. The van der Waals surface area contributed by atoms with Gasteiger partial charge in [0.05, 0.1) is 5.54 Å². The summed E-state index contributed by atoms with van der Waals surface area (Å²) in [5, 5.41) is 3.46. The molecule has 0 spiro atoms. The molecule has 7 nitrogen and oxygen atoms in total. The van der Waals surface area contributed by atoms with Crippen molar-refractivity contribution in [3.8, 4) is 0 Å². The van der Waals surface area contributed by atoms with Crippen LogP contribution in [0.25, 0.3) is 0 Å². The molecule has 0 bridgehead atoms. The van der Waals surface area contributed by atoms with Crippen LogP contribution in [0.1, 0.15) is 59.8 Å². The molecule has 1 aromatic rings. The second-order valence-corrected chi connectivity index (χ2v) is 8.78. The van der Waals surface area contributed by atoms with Crippen LogP contribution in [-0.4, -0.2) is 62.5 Å². The fraction of sp³-hybridized carbons (Fsp3) is 0.789. The van der Waals surface area contributed by atoms with E-state index in [2.05, 4.69) is 39.0 Å². The van der Waals surface area contributed by atoms with Crippen LogP contribution >= 0.6 is 0 Å². The fourth-order valence-electron chi connectivity index (χ4n) is 4.51. The number of nitrogens with one attached hydrogen (secondary N) is 1. The monoisotopic (exact) mass is 360 g/mol. The van der Waals surface area contributed by atoms with Crippen LogP contribution in [0.15, 0.2) is 12.7 Å². The van der Waals surface area contributed by atoms with Crippen molar-refractivity contribution in [1.82, 2.24) is 25.2 Å². The third-order valence-corrected chi connectivity index (χ3v) is 5.42. The topological polar surface area (TPSA) is 74.2 Å². The molecule has 0 radical (unpaired) electrons. The summed E-state index contributed by atoms with van der Waals surface area (Å²) in [6.45, 7) is 10.4. The van der Waals surface area contributed by atoms with E-state index in [4.69, 9.17) is 0 Å². The average Bonchev–Trinajstić information content (AvgIpc) is 2.60. The zero-order chi connectivity index (χ0) is 18.8. The summed E-state index contributed by atoms with van der Waals surface area (Å²) in [5.41, 5.74) is -0.634. The van der Waals surface area contributed by atoms with Crippen molar-refractivity contribution in [1.29, 1.82) is 0 Å². The zero-order valence-corrected chi connectivity index (χ0v) is 16.5. The fourth-order valence-corrected chi connectivity index (χ4v) is 4.51. The lowest BCUT2D eigenvalue weighted by atomic mass is 9.90. The van der Waals surface area contributed by atoms with Crippen LogP contribution in [0.5, 0.6) is 0 Å². The van der Waals surface area contributed by atoms with Crippen molar-refractivity contribution in [2.45, 2.75) is 76.9 Å². The third-order valence-electron chi connectivity index (χ3n) is 5.42. The van der Waals surface area contributed by atoms with Gasteiger partial charge >= 0.3 is 0 Å². The van der Waals surface area contributed by atoms with Crippen LogP contribution in [0.2, 0.25) is 0 Å². The molecule has 1 saturated heterocycles. The Hall–Kier alpha value is -1.76. The van der Waals surface area contributed by atoms with Gasteiger partial charge in [-0.05, 0) is 40.5 Å². The highest BCUT2D eigenvalue weighted by atomic mass is 16.2. The Kier molecular flexibility index (Phi) is 5.46. The number of amides is 1. The van der Waals surface area contributed by atoms with Gasteiger partial charge in [0, 0.05) is 31.2 Å². The number of nitrogens with zero attached hydrogens (tertiary/aromatic N) is 5. The Labute approximate surface area is 156 Å².